The highest BCUT2D eigenvalue weighted by molar-refractivity contribution is 7.10. The maximum atomic E-state index is 12.6. The lowest BCUT2D eigenvalue weighted by Gasteiger charge is -2.31. The van der Waals surface area contributed by atoms with E-state index in [9.17, 15) is 9.90 Å². The topological polar surface area (TPSA) is 49.8 Å². The van der Waals surface area contributed by atoms with Gasteiger partial charge in [0.2, 0.25) is 0 Å². The van der Waals surface area contributed by atoms with Crippen LogP contribution in [0.15, 0.2) is 17.5 Å². The van der Waals surface area contributed by atoms with Gasteiger partial charge in [0.05, 0.1) is 0 Å². The molecule has 4 nitrogen and oxygen atoms in total. The third-order valence-corrected chi connectivity index (χ3v) is 5.68. The van der Waals surface area contributed by atoms with Crippen molar-refractivity contribution in [3.05, 3.63) is 22.4 Å². The molecular formula is C17H27NO3S. The summed E-state index contributed by atoms with van der Waals surface area (Å²) < 4.78 is 5.45. The molecule has 1 heterocycles. The minimum absolute atomic E-state index is 0.0212. The molecule has 0 unspecified atom stereocenters. The number of likely N-dealkylation sites (N-methyl/N-ethyl adjacent to an activating group) is 1. The van der Waals surface area contributed by atoms with E-state index in [1.165, 1.54) is 11.3 Å². The van der Waals surface area contributed by atoms with Gasteiger partial charge in [-0.3, -0.25) is 0 Å². The van der Waals surface area contributed by atoms with Gasteiger partial charge in [-0.05, 0) is 37.4 Å². The van der Waals surface area contributed by atoms with Crippen molar-refractivity contribution in [2.24, 2.45) is 5.92 Å². The van der Waals surface area contributed by atoms with Crippen LogP contribution in [0.25, 0.3) is 0 Å². The molecule has 1 N–H and O–H groups in total. The summed E-state index contributed by atoms with van der Waals surface area (Å²) in [5.74, 6) is -0.499. The van der Waals surface area contributed by atoms with Crippen molar-refractivity contribution < 1.29 is 14.6 Å². The summed E-state index contributed by atoms with van der Waals surface area (Å²) in [5.41, 5.74) is -1.46. The largest absolute Gasteiger partial charge is 0.462 e. The molecule has 1 aliphatic rings. The molecule has 0 aliphatic heterocycles. The van der Waals surface area contributed by atoms with Crippen molar-refractivity contribution in [1.29, 1.82) is 0 Å². The number of esters is 1. The zero-order valence-electron chi connectivity index (χ0n) is 13.6. The first-order valence-electron chi connectivity index (χ1n) is 8.28. The van der Waals surface area contributed by atoms with Gasteiger partial charge in [0, 0.05) is 17.3 Å². The molecule has 2 rings (SSSR count). The first-order chi connectivity index (χ1) is 10.6. The summed E-state index contributed by atoms with van der Waals surface area (Å²) in [7, 11) is 0. The number of nitrogens with zero attached hydrogens (tertiary/aromatic N) is 1. The van der Waals surface area contributed by atoms with Gasteiger partial charge in [-0.2, -0.15) is 0 Å². The first-order valence-corrected chi connectivity index (χ1v) is 9.16. The Hall–Kier alpha value is -0.910. The fourth-order valence-corrected chi connectivity index (χ4v) is 4.12. The van der Waals surface area contributed by atoms with E-state index >= 15 is 0 Å². The standard InChI is InChI=1S/C17H27NO3S/c1-3-18(4-2)11-12-21-16(19)17(20,14-8-5-6-9-14)15-10-7-13-22-15/h7,10,13-14,20H,3-6,8-9,11-12H2,1-2H3/t17-/m1/s1. The van der Waals surface area contributed by atoms with Crippen molar-refractivity contribution in [3.8, 4) is 0 Å². The molecule has 0 saturated heterocycles. The number of hydrogen-bond acceptors (Lipinski definition) is 5. The van der Waals surface area contributed by atoms with Gasteiger partial charge in [-0.15, -0.1) is 11.3 Å². The Balaban J connectivity index is 2.04. The summed E-state index contributed by atoms with van der Waals surface area (Å²) in [5, 5.41) is 13.0. The fraction of sp³-hybridized carbons (Fsp3) is 0.706. The molecule has 5 heteroatoms. The Labute approximate surface area is 137 Å². The van der Waals surface area contributed by atoms with Crippen molar-refractivity contribution in [2.45, 2.75) is 45.1 Å². The van der Waals surface area contributed by atoms with Crippen LogP contribution in [0.1, 0.15) is 44.4 Å². The first kappa shape index (κ1) is 17.4. The van der Waals surface area contributed by atoms with Crippen LogP contribution in [0, 0.1) is 5.92 Å². The molecule has 0 radical (unpaired) electrons. The van der Waals surface area contributed by atoms with E-state index in [4.69, 9.17) is 4.74 Å². The number of carbonyl (C=O) groups excluding carboxylic acids is 1. The van der Waals surface area contributed by atoms with Gasteiger partial charge in [0.15, 0.2) is 5.60 Å². The zero-order valence-corrected chi connectivity index (χ0v) is 14.4. The summed E-state index contributed by atoms with van der Waals surface area (Å²) in [6.45, 7) is 7.10. The lowest BCUT2D eigenvalue weighted by molar-refractivity contribution is -0.173. The maximum absolute atomic E-state index is 12.6. The van der Waals surface area contributed by atoms with Crippen molar-refractivity contribution in [1.82, 2.24) is 4.90 Å². The van der Waals surface area contributed by atoms with Crippen LogP contribution in [0.4, 0.5) is 0 Å². The summed E-state index contributed by atoms with van der Waals surface area (Å²) in [6.07, 6.45) is 3.93. The summed E-state index contributed by atoms with van der Waals surface area (Å²) >= 11 is 1.43. The predicted molar refractivity (Wildman–Crippen MR) is 88.9 cm³/mol. The van der Waals surface area contributed by atoms with Gasteiger partial charge in [-0.1, -0.05) is 32.8 Å². The van der Waals surface area contributed by atoms with Crippen LogP contribution in [-0.4, -0.2) is 42.2 Å². The summed E-state index contributed by atoms with van der Waals surface area (Å²) in [6, 6.07) is 3.72. The molecule has 1 aliphatic carbocycles. The second-order valence-corrected chi connectivity index (χ2v) is 6.84. The van der Waals surface area contributed by atoms with Gasteiger partial charge >= 0.3 is 5.97 Å². The molecule has 1 atom stereocenters. The smallest absolute Gasteiger partial charge is 0.344 e. The van der Waals surface area contributed by atoms with Gasteiger partial charge < -0.3 is 14.7 Å². The van der Waals surface area contributed by atoms with Crippen molar-refractivity contribution in [3.63, 3.8) is 0 Å². The van der Waals surface area contributed by atoms with Crippen LogP contribution in [0.2, 0.25) is 0 Å². The van der Waals surface area contributed by atoms with E-state index in [0.717, 1.165) is 38.8 Å². The highest BCUT2D eigenvalue weighted by Gasteiger charge is 2.48. The number of aliphatic hydroxyl groups is 1. The molecule has 22 heavy (non-hydrogen) atoms. The van der Waals surface area contributed by atoms with E-state index in [1.807, 2.05) is 17.5 Å². The Morgan fingerprint density at radius 2 is 2.09 bits per heavy atom. The average molecular weight is 325 g/mol. The quantitative estimate of drug-likeness (QED) is 0.747. The number of thiophene rings is 1. The summed E-state index contributed by atoms with van der Waals surface area (Å²) in [4.78, 5) is 15.5. The number of carbonyl (C=O) groups is 1. The Kier molecular flexibility index (Phi) is 6.41. The second-order valence-electron chi connectivity index (χ2n) is 5.89. The van der Waals surface area contributed by atoms with Crippen LogP contribution in [0.5, 0.6) is 0 Å². The predicted octanol–water partition coefficient (Wildman–Crippen LogP) is 3.01. The normalized spacial score (nSPS) is 18.5. The minimum atomic E-state index is -1.46. The highest BCUT2D eigenvalue weighted by Crippen LogP contribution is 2.43. The average Bonchev–Trinajstić information content (AvgIpc) is 3.24. The van der Waals surface area contributed by atoms with Crippen molar-refractivity contribution >= 4 is 17.3 Å². The molecule has 0 amide bonds. The SMILES string of the molecule is CCN(CC)CCOC(=O)[C@](O)(c1cccs1)C1CCCC1. The minimum Gasteiger partial charge on any atom is -0.462 e. The van der Waals surface area contributed by atoms with E-state index in [2.05, 4.69) is 18.7 Å². The third kappa shape index (κ3) is 3.70. The van der Waals surface area contributed by atoms with Crippen LogP contribution >= 0.6 is 11.3 Å². The van der Waals surface area contributed by atoms with Crippen LogP contribution in [0.3, 0.4) is 0 Å². The molecule has 1 fully saturated rings. The second kappa shape index (κ2) is 8.09. The third-order valence-electron chi connectivity index (χ3n) is 4.69. The Morgan fingerprint density at radius 1 is 1.41 bits per heavy atom. The molecule has 1 aromatic heterocycles. The lowest BCUT2D eigenvalue weighted by Crippen LogP contribution is -2.43. The van der Waals surface area contributed by atoms with E-state index < -0.39 is 11.6 Å². The Morgan fingerprint density at radius 3 is 2.64 bits per heavy atom. The molecule has 0 aromatic carbocycles. The molecule has 0 bridgehead atoms. The molecule has 1 aromatic rings. The number of hydrogen-bond donors (Lipinski definition) is 1. The number of rotatable bonds is 8. The maximum Gasteiger partial charge on any atom is 0.344 e. The van der Waals surface area contributed by atoms with Gasteiger partial charge in [-0.25, -0.2) is 4.79 Å². The molecule has 1 saturated carbocycles. The van der Waals surface area contributed by atoms with Crippen molar-refractivity contribution in [2.75, 3.05) is 26.2 Å². The van der Waals surface area contributed by atoms with Gasteiger partial charge in [0.1, 0.15) is 6.61 Å². The molecule has 0 spiro atoms. The monoisotopic (exact) mass is 325 g/mol. The van der Waals surface area contributed by atoms with Gasteiger partial charge in [0.25, 0.3) is 0 Å². The highest BCUT2D eigenvalue weighted by atomic mass is 32.1. The van der Waals surface area contributed by atoms with E-state index in [1.54, 1.807) is 0 Å². The van der Waals surface area contributed by atoms with E-state index in [-0.39, 0.29) is 5.92 Å². The molecular weight excluding hydrogens is 298 g/mol. The fourth-order valence-electron chi connectivity index (χ4n) is 3.22. The zero-order chi connectivity index (χ0) is 16.0. The van der Waals surface area contributed by atoms with Crippen LogP contribution < -0.4 is 0 Å². The Bertz CT molecular complexity index is 452. The van der Waals surface area contributed by atoms with Crippen LogP contribution in [-0.2, 0) is 15.1 Å². The van der Waals surface area contributed by atoms with E-state index in [0.29, 0.717) is 18.0 Å². The lowest BCUT2D eigenvalue weighted by atomic mass is 9.84. The molecule has 124 valence electrons. The number of ether oxygens (including phenoxy) is 1.